The topological polar surface area (TPSA) is 81.0 Å². The van der Waals surface area contributed by atoms with Crippen LogP contribution >= 0.6 is 0 Å². The molecule has 1 atom stereocenters. The van der Waals surface area contributed by atoms with Crippen LogP contribution < -0.4 is 19.7 Å². The SMILES string of the molecule is COc1ccc(C(C(=O)NC2CCCC2)N(C(=O)c2ccoc2C)c2ccc(OC)cc2)cc1. The van der Waals surface area contributed by atoms with Gasteiger partial charge in [-0.25, -0.2) is 0 Å². The number of carbonyl (C=O) groups is 2. The summed E-state index contributed by atoms with van der Waals surface area (Å²) < 4.78 is 16.0. The molecule has 2 amide bonds. The molecule has 2 aromatic carbocycles. The van der Waals surface area contributed by atoms with E-state index in [-0.39, 0.29) is 17.9 Å². The summed E-state index contributed by atoms with van der Waals surface area (Å²) in [7, 11) is 3.18. The molecular formula is C27H30N2O5. The third-order valence-corrected chi connectivity index (χ3v) is 6.30. The van der Waals surface area contributed by atoms with E-state index in [0.717, 1.165) is 25.7 Å². The van der Waals surface area contributed by atoms with Gasteiger partial charge in [0.15, 0.2) is 0 Å². The summed E-state index contributed by atoms with van der Waals surface area (Å²) in [5.41, 5.74) is 1.67. The van der Waals surface area contributed by atoms with Gasteiger partial charge in [0.05, 0.1) is 26.0 Å². The fourth-order valence-corrected chi connectivity index (χ4v) is 4.42. The number of hydrogen-bond donors (Lipinski definition) is 1. The second-order valence-electron chi connectivity index (χ2n) is 8.43. The van der Waals surface area contributed by atoms with Crippen molar-refractivity contribution in [1.82, 2.24) is 5.32 Å². The van der Waals surface area contributed by atoms with Crippen LogP contribution in [0, 0.1) is 6.92 Å². The Morgan fingerprint density at radius 3 is 2.06 bits per heavy atom. The van der Waals surface area contributed by atoms with E-state index in [9.17, 15) is 9.59 Å². The molecule has 0 bridgehead atoms. The number of carbonyl (C=O) groups excluding carboxylic acids is 2. The van der Waals surface area contributed by atoms with Crippen LogP contribution in [0.15, 0.2) is 65.3 Å². The largest absolute Gasteiger partial charge is 0.497 e. The van der Waals surface area contributed by atoms with Crippen molar-refractivity contribution in [3.05, 3.63) is 77.7 Å². The number of anilines is 1. The minimum Gasteiger partial charge on any atom is -0.497 e. The van der Waals surface area contributed by atoms with Crippen LogP contribution in [0.4, 0.5) is 5.69 Å². The molecule has 1 aliphatic carbocycles. The minimum atomic E-state index is -0.887. The number of furan rings is 1. The Labute approximate surface area is 199 Å². The average Bonchev–Trinajstić information content (AvgIpc) is 3.54. The van der Waals surface area contributed by atoms with Crippen molar-refractivity contribution in [2.75, 3.05) is 19.1 Å². The lowest BCUT2D eigenvalue weighted by molar-refractivity contribution is -0.123. The van der Waals surface area contributed by atoms with Crippen molar-refractivity contribution in [3.63, 3.8) is 0 Å². The molecule has 1 fully saturated rings. The van der Waals surface area contributed by atoms with E-state index in [1.807, 2.05) is 12.1 Å². The molecule has 7 heteroatoms. The van der Waals surface area contributed by atoms with Crippen LogP contribution in [0.25, 0.3) is 0 Å². The number of hydrogen-bond acceptors (Lipinski definition) is 5. The zero-order chi connectivity index (χ0) is 24.1. The maximum absolute atomic E-state index is 13.9. The van der Waals surface area contributed by atoms with Gasteiger partial charge in [0.25, 0.3) is 5.91 Å². The van der Waals surface area contributed by atoms with Gasteiger partial charge in [-0.2, -0.15) is 0 Å². The summed E-state index contributed by atoms with van der Waals surface area (Å²) in [6.07, 6.45) is 5.55. The van der Waals surface area contributed by atoms with E-state index in [2.05, 4.69) is 5.32 Å². The summed E-state index contributed by atoms with van der Waals surface area (Å²) in [6.45, 7) is 1.74. The van der Waals surface area contributed by atoms with Gasteiger partial charge in [0.2, 0.25) is 5.91 Å². The summed E-state index contributed by atoms with van der Waals surface area (Å²) in [5.74, 6) is 1.29. The molecule has 1 saturated carbocycles. The number of methoxy groups -OCH3 is 2. The Morgan fingerprint density at radius 1 is 0.941 bits per heavy atom. The maximum Gasteiger partial charge on any atom is 0.262 e. The lowest BCUT2D eigenvalue weighted by Gasteiger charge is -2.32. The molecule has 0 aliphatic heterocycles. The van der Waals surface area contributed by atoms with E-state index in [1.54, 1.807) is 63.6 Å². The van der Waals surface area contributed by atoms with Gasteiger partial charge in [0.1, 0.15) is 23.3 Å². The van der Waals surface area contributed by atoms with Crippen LogP contribution in [-0.2, 0) is 4.79 Å². The highest BCUT2D eigenvalue weighted by Crippen LogP contribution is 2.33. The molecule has 0 saturated heterocycles. The van der Waals surface area contributed by atoms with Crippen molar-refractivity contribution >= 4 is 17.5 Å². The Balaban J connectivity index is 1.81. The van der Waals surface area contributed by atoms with Gasteiger partial charge >= 0.3 is 0 Å². The van der Waals surface area contributed by atoms with E-state index < -0.39 is 6.04 Å². The number of nitrogens with zero attached hydrogens (tertiary/aromatic N) is 1. The highest BCUT2D eigenvalue weighted by atomic mass is 16.5. The molecule has 34 heavy (non-hydrogen) atoms. The van der Waals surface area contributed by atoms with Crippen LogP contribution in [0.1, 0.15) is 53.4 Å². The first-order chi connectivity index (χ1) is 16.5. The Morgan fingerprint density at radius 2 is 1.53 bits per heavy atom. The molecular weight excluding hydrogens is 432 g/mol. The predicted octanol–water partition coefficient (Wildman–Crippen LogP) is 5.05. The Kier molecular flexibility index (Phi) is 7.21. The zero-order valence-electron chi connectivity index (χ0n) is 19.7. The molecule has 1 unspecified atom stereocenters. The standard InChI is InChI=1S/C27H30N2O5/c1-18-24(16-17-34-18)27(31)29(21-10-14-23(33-3)15-11-21)25(19-8-12-22(32-2)13-9-19)26(30)28-20-6-4-5-7-20/h8-17,20,25H,4-7H2,1-3H3,(H,28,30). The van der Waals surface area contributed by atoms with Crippen molar-refractivity contribution in [1.29, 1.82) is 0 Å². The number of aryl methyl sites for hydroxylation is 1. The molecule has 0 radical (unpaired) electrons. The first-order valence-electron chi connectivity index (χ1n) is 11.5. The third kappa shape index (κ3) is 4.93. The second-order valence-corrected chi connectivity index (χ2v) is 8.43. The molecule has 178 valence electrons. The quantitative estimate of drug-likeness (QED) is 0.507. The minimum absolute atomic E-state index is 0.108. The molecule has 0 spiro atoms. The van der Waals surface area contributed by atoms with Crippen molar-refractivity contribution < 1.29 is 23.5 Å². The molecule has 1 N–H and O–H groups in total. The third-order valence-electron chi connectivity index (χ3n) is 6.30. The van der Waals surface area contributed by atoms with E-state index in [4.69, 9.17) is 13.9 Å². The number of amides is 2. The molecule has 7 nitrogen and oxygen atoms in total. The first-order valence-corrected chi connectivity index (χ1v) is 11.5. The molecule has 1 aliphatic rings. The zero-order valence-corrected chi connectivity index (χ0v) is 19.7. The van der Waals surface area contributed by atoms with Crippen molar-refractivity contribution in [2.24, 2.45) is 0 Å². The van der Waals surface area contributed by atoms with Crippen LogP contribution in [0.2, 0.25) is 0 Å². The first kappa shape index (κ1) is 23.4. The predicted molar refractivity (Wildman–Crippen MR) is 129 cm³/mol. The number of benzene rings is 2. The van der Waals surface area contributed by atoms with Gasteiger partial charge in [0, 0.05) is 11.7 Å². The lowest BCUT2D eigenvalue weighted by atomic mass is 10.0. The fourth-order valence-electron chi connectivity index (χ4n) is 4.42. The number of rotatable bonds is 8. The normalized spacial score (nSPS) is 14.4. The van der Waals surface area contributed by atoms with Crippen molar-refractivity contribution in [3.8, 4) is 11.5 Å². The van der Waals surface area contributed by atoms with Crippen molar-refractivity contribution in [2.45, 2.75) is 44.7 Å². The maximum atomic E-state index is 13.9. The average molecular weight is 463 g/mol. The summed E-state index contributed by atoms with van der Waals surface area (Å²) in [6, 6.07) is 15.2. The van der Waals surface area contributed by atoms with Gasteiger partial charge < -0.3 is 19.2 Å². The fraction of sp³-hybridized carbons (Fsp3) is 0.333. The highest BCUT2D eigenvalue weighted by molar-refractivity contribution is 6.10. The smallest absolute Gasteiger partial charge is 0.262 e. The number of nitrogens with one attached hydrogen (secondary N) is 1. The van der Waals surface area contributed by atoms with Gasteiger partial charge in [-0.15, -0.1) is 0 Å². The van der Waals surface area contributed by atoms with E-state index in [0.29, 0.717) is 34.1 Å². The van der Waals surface area contributed by atoms with Gasteiger partial charge in [-0.3, -0.25) is 14.5 Å². The van der Waals surface area contributed by atoms with E-state index >= 15 is 0 Å². The molecule has 3 aromatic rings. The van der Waals surface area contributed by atoms with Crippen LogP contribution in [0.5, 0.6) is 11.5 Å². The summed E-state index contributed by atoms with van der Waals surface area (Å²) in [5, 5.41) is 3.18. The second kappa shape index (κ2) is 10.5. The highest BCUT2D eigenvalue weighted by Gasteiger charge is 2.35. The molecule has 1 heterocycles. The van der Waals surface area contributed by atoms with Crippen LogP contribution in [-0.4, -0.2) is 32.1 Å². The number of ether oxygens (including phenoxy) is 2. The lowest BCUT2D eigenvalue weighted by Crippen LogP contribution is -2.46. The van der Waals surface area contributed by atoms with Crippen LogP contribution in [0.3, 0.4) is 0 Å². The Bertz CT molecular complexity index is 1110. The molecule has 1 aromatic heterocycles. The summed E-state index contributed by atoms with van der Waals surface area (Å²) in [4.78, 5) is 29.2. The Hall–Kier alpha value is -3.74. The molecule has 4 rings (SSSR count). The monoisotopic (exact) mass is 462 g/mol. The van der Waals surface area contributed by atoms with E-state index in [1.165, 1.54) is 11.2 Å². The van der Waals surface area contributed by atoms with Gasteiger partial charge in [-0.1, -0.05) is 25.0 Å². The van der Waals surface area contributed by atoms with Gasteiger partial charge in [-0.05, 0) is 67.8 Å². The summed E-state index contributed by atoms with van der Waals surface area (Å²) >= 11 is 0.